The van der Waals surface area contributed by atoms with Crippen molar-refractivity contribution in [3.8, 4) is 6.07 Å². The molecule has 0 spiro atoms. The number of nitriles is 1. The molecule has 2 atom stereocenters. The molecule has 2 rings (SSSR count). The van der Waals surface area contributed by atoms with Crippen molar-refractivity contribution in [1.29, 1.82) is 5.26 Å². The Labute approximate surface area is 111 Å². The first-order valence-corrected chi connectivity index (χ1v) is 6.24. The Kier molecular flexibility index (Phi) is 3.82. The Bertz CT molecular complexity index is 550. The number of nitrogens with one attached hydrogen (secondary N) is 2. The lowest BCUT2D eigenvalue weighted by Gasteiger charge is -2.16. The van der Waals surface area contributed by atoms with Gasteiger partial charge in [0.15, 0.2) is 0 Å². The van der Waals surface area contributed by atoms with E-state index in [2.05, 4.69) is 10.6 Å². The predicted molar refractivity (Wildman–Crippen MR) is 70.0 cm³/mol. The zero-order valence-corrected chi connectivity index (χ0v) is 11.0. The molecule has 1 fully saturated rings. The Balaban J connectivity index is 2.21. The van der Waals surface area contributed by atoms with E-state index < -0.39 is 5.82 Å². The number of halogens is 1. The van der Waals surface area contributed by atoms with Crippen LogP contribution in [0.5, 0.6) is 0 Å². The monoisotopic (exact) mass is 261 g/mol. The fraction of sp³-hybridized carbons (Fsp3) is 0.429. The van der Waals surface area contributed by atoms with Crippen molar-refractivity contribution in [3.63, 3.8) is 0 Å². The maximum Gasteiger partial charge on any atom is 0.229 e. The Morgan fingerprint density at radius 3 is 2.84 bits per heavy atom. The van der Waals surface area contributed by atoms with E-state index in [-0.39, 0.29) is 23.3 Å². The van der Waals surface area contributed by atoms with Crippen LogP contribution in [0.1, 0.15) is 18.1 Å². The number of nitrogens with zero attached hydrogens (tertiary/aromatic N) is 1. The lowest BCUT2D eigenvalue weighted by molar-refractivity contribution is -0.120. The van der Waals surface area contributed by atoms with Gasteiger partial charge in [-0.3, -0.25) is 4.79 Å². The van der Waals surface area contributed by atoms with Crippen LogP contribution >= 0.6 is 0 Å². The number of benzene rings is 1. The van der Waals surface area contributed by atoms with Gasteiger partial charge < -0.3 is 10.6 Å². The first-order chi connectivity index (χ1) is 9.02. The van der Waals surface area contributed by atoms with E-state index in [4.69, 9.17) is 5.26 Å². The summed E-state index contributed by atoms with van der Waals surface area (Å²) in [6.07, 6.45) is 0. The molecule has 4 nitrogen and oxygen atoms in total. The van der Waals surface area contributed by atoms with Gasteiger partial charge in [-0.15, -0.1) is 0 Å². The first-order valence-electron chi connectivity index (χ1n) is 6.24. The summed E-state index contributed by atoms with van der Waals surface area (Å²) in [6, 6.07) is 4.56. The van der Waals surface area contributed by atoms with E-state index in [1.54, 1.807) is 6.92 Å². The van der Waals surface area contributed by atoms with Crippen LogP contribution in [0.2, 0.25) is 0 Å². The van der Waals surface area contributed by atoms with Crippen LogP contribution in [0.15, 0.2) is 12.1 Å². The summed E-state index contributed by atoms with van der Waals surface area (Å²) >= 11 is 0. The van der Waals surface area contributed by atoms with Gasteiger partial charge in [0.2, 0.25) is 5.91 Å². The largest absolute Gasteiger partial charge is 0.325 e. The fourth-order valence-electron chi connectivity index (χ4n) is 2.26. The molecule has 0 bridgehead atoms. The van der Waals surface area contributed by atoms with Crippen molar-refractivity contribution >= 4 is 11.6 Å². The summed E-state index contributed by atoms with van der Waals surface area (Å²) in [5.74, 6) is -0.473. The zero-order valence-electron chi connectivity index (χ0n) is 11.0. The maximum atomic E-state index is 13.6. The lowest BCUT2D eigenvalue weighted by Crippen LogP contribution is -2.28. The molecule has 19 heavy (non-hydrogen) atoms. The molecule has 1 aromatic carbocycles. The van der Waals surface area contributed by atoms with Crippen LogP contribution < -0.4 is 10.6 Å². The minimum Gasteiger partial charge on any atom is -0.325 e. The third-order valence-corrected chi connectivity index (χ3v) is 3.59. The number of amides is 1. The van der Waals surface area contributed by atoms with Crippen LogP contribution in [-0.4, -0.2) is 19.0 Å². The van der Waals surface area contributed by atoms with Crippen LogP contribution in [0.4, 0.5) is 10.1 Å². The SMILES string of the molecule is Cc1c(F)cc(C#N)cc1NC(=O)C1CNCC1C. The van der Waals surface area contributed by atoms with Gasteiger partial charge in [0, 0.05) is 17.8 Å². The molecule has 1 aliphatic heterocycles. The highest BCUT2D eigenvalue weighted by Crippen LogP contribution is 2.23. The second-order valence-electron chi connectivity index (χ2n) is 4.97. The van der Waals surface area contributed by atoms with Gasteiger partial charge >= 0.3 is 0 Å². The summed E-state index contributed by atoms with van der Waals surface area (Å²) in [7, 11) is 0. The molecule has 1 aromatic rings. The predicted octanol–water partition coefficient (Wildman–Crippen LogP) is 1.80. The summed E-state index contributed by atoms with van der Waals surface area (Å²) in [6.45, 7) is 5.03. The maximum absolute atomic E-state index is 13.6. The lowest BCUT2D eigenvalue weighted by atomic mass is 9.97. The first kappa shape index (κ1) is 13.5. The molecule has 1 aliphatic rings. The number of carbonyl (C=O) groups is 1. The Morgan fingerprint density at radius 2 is 2.26 bits per heavy atom. The summed E-state index contributed by atoms with van der Waals surface area (Å²) in [5.41, 5.74) is 0.933. The van der Waals surface area contributed by atoms with Crippen molar-refractivity contribution in [3.05, 3.63) is 29.1 Å². The van der Waals surface area contributed by atoms with Crippen LogP contribution in [0, 0.1) is 35.9 Å². The van der Waals surface area contributed by atoms with Crippen molar-refractivity contribution in [2.45, 2.75) is 13.8 Å². The van der Waals surface area contributed by atoms with E-state index in [0.29, 0.717) is 17.8 Å². The van der Waals surface area contributed by atoms with Gasteiger partial charge in [0.05, 0.1) is 17.6 Å². The van der Waals surface area contributed by atoms with Crippen LogP contribution in [0.25, 0.3) is 0 Å². The third kappa shape index (κ3) is 2.74. The molecule has 5 heteroatoms. The molecular weight excluding hydrogens is 245 g/mol. The molecule has 0 radical (unpaired) electrons. The molecule has 100 valence electrons. The van der Waals surface area contributed by atoms with Crippen molar-refractivity contribution in [2.75, 3.05) is 18.4 Å². The Morgan fingerprint density at radius 1 is 1.53 bits per heavy atom. The average molecular weight is 261 g/mol. The molecule has 1 saturated heterocycles. The van der Waals surface area contributed by atoms with E-state index in [1.807, 2.05) is 13.0 Å². The molecular formula is C14H16FN3O. The second kappa shape index (κ2) is 5.37. The third-order valence-electron chi connectivity index (χ3n) is 3.59. The number of carbonyl (C=O) groups excluding carboxylic acids is 1. The molecule has 1 amide bonds. The highest BCUT2D eigenvalue weighted by Gasteiger charge is 2.29. The standard InChI is InChI=1S/C14H16FN3O/c1-8-6-17-7-11(8)14(19)18-13-4-10(5-16)3-12(15)9(13)2/h3-4,8,11,17H,6-7H2,1-2H3,(H,18,19). The summed E-state index contributed by atoms with van der Waals surface area (Å²) in [5, 5.41) is 14.7. The fourth-order valence-corrected chi connectivity index (χ4v) is 2.26. The Hall–Kier alpha value is -1.93. The minimum atomic E-state index is -0.480. The topological polar surface area (TPSA) is 64.9 Å². The molecule has 2 N–H and O–H groups in total. The van der Waals surface area contributed by atoms with Crippen LogP contribution in [0.3, 0.4) is 0 Å². The number of anilines is 1. The van der Waals surface area contributed by atoms with Gasteiger partial charge in [-0.2, -0.15) is 5.26 Å². The average Bonchev–Trinajstić information content (AvgIpc) is 2.80. The van der Waals surface area contributed by atoms with Gasteiger partial charge in [0.1, 0.15) is 5.82 Å². The number of rotatable bonds is 2. The molecule has 0 aromatic heterocycles. The van der Waals surface area contributed by atoms with Crippen molar-refractivity contribution in [1.82, 2.24) is 5.32 Å². The van der Waals surface area contributed by atoms with E-state index in [9.17, 15) is 9.18 Å². The van der Waals surface area contributed by atoms with Gasteiger partial charge in [-0.25, -0.2) is 4.39 Å². The molecule has 1 heterocycles. The second-order valence-corrected chi connectivity index (χ2v) is 4.97. The van der Waals surface area contributed by atoms with E-state index in [1.165, 1.54) is 12.1 Å². The van der Waals surface area contributed by atoms with E-state index >= 15 is 0 Å². The highest BCUT2D eigenvalue weighted by molar-refractivity contribution is 5.94. The van der Waals surface area contributed by atoms with E-state index in [0.717, 1.165) is 6.54 Å². The molecule has 0 saturated carbocycles. The quantitative estimate of drug-likeness (QED) is 0.853. The van der Waals surface area contributed by atoms with Gasteiger partial charge in [0.25, 0.3) is 0 Å². The summed E-state index contributed by atoms with van der Waals surface area (Å²) in [4.78, 5) is 12.1. The highest BCUT2D eigenvalue weighted by atomic mass is 19.1. The van der Waals surface area contributed by atoms with Crippen LogP contribution in [-0.2, 0) is 4.79 Å². The van der Waals surface area contributed by atoms with Crippen molar-refractivity contribution in [2.24, 2.45) is 11.8 Å². The zero-order chi connectivity index (χ0) is 14.0. The van der Waals surface area contributed by atoms with Gasteiger partial charge in [-0.05, 0) is 31.5 Å². The number of hydrogen-bond acceptors (Lipinski definition) is 3. The molecule has 0 aliphatic carbocycles. The number of hydrogen-bond donors (Lipinski definition) is 2. The van der Waals surface area contributed by atoms with Gasteiger partial charge in [-0.1, -0.05) is 6.92 Å². The molecule has 2 unspecified atom stereocenters. The minimum absolute atomic E-state index is 0.117. The normalized spacial score (nSPS) is 22.0. The summed E-state index contributed by atoms with van der Waals surface area (Å²) < 4.78 is 13.6. The smallest absolute Gasteiger partial charge is 0.229 e. The van der Waals surface area contributed by atoms with Crippen molar-refractivity contribution < 1.29 is 9.18 Å².